The Balaban J connectivity index is 2.16. The van der Waals surface area contributed by atoms with E-state index in [0.29, 0.717) is 5.75 Å². The van der Waals surface area contributed by atoms with Crippen molar-refractivity contribution in [3.05, 3.63) is 48.1 Å². The lowest BCUT2D eigenvalue weighted by Gasteiger charge is -2.10. The van der Waals surface area contributed by atoms with E-state index in [-0.39, 0.29) is 0 Å². The molecule has 23 heavy (non-hydrogen) atoms. The maximum absolute atomic E-state index is 11.4. The normalized spacial score (nSPS) is 10.5. The van der Waals surface area contributed by atoms with Gasteiger partial charge in [-0.3, -0.25) is 10.2 Å². The van der Waals surface area contributed by atoms with Gasteiger partial charge in [0.15, 0.2) is 0 Å². The molecule has 0 unspecified atom stereocenters. The van der Waals surface area contributed by atoms with Crippen molar-refractivity contribution in [3.8, 4) is 11.4 Å². The molecule has 0 fully saturated rings. The third-order valence-corrected chi connectivity index (χ3v) is 2.91. The third kappa shape index (κ3) is 4.34. The summed E-state index contributed by atoms with van der Waals surface area (Å²) in [6.07, 6.45) is 4.98. The number of amides is 2. The first-order valence-electron chi connectivity index (χ1n) is 6.65. The zero-order valence-electron chi connectivity index (χ0n) is 12.6. The van der Waals surface area contributed by atoms with Gasteiger partial charge in [0.1, 0.15) is 5.75 Å². The Morgan fingerprint density at radius 3 is 2.74 bits per heavy atom. The molecule has 120 valence electrons. The standard InChI is InChI=1S/C15H16N4O4/c1-10-8-19(9-16-10)12-5-3-11(7-13(12)23-2)4-6-14(20)17-18-15(21)22/h3-9,18H,1-2H3,(H,17,20)(H,21,22)/b6-4+. The largest absolute Gasteiger partial charge is 0.495 e. The quantitative estimate of drug-likeness (QED) is 0.585. The van der Waals surface area contributed by atoms with E-state index in [1.165, 1.54) is 6.08 Å². The van der Waals surface area contributed by atoms with Crippen LogP contribution < -0.4 is 15.6 Å². The van der Waals surface area contributed by atoms with Gasteiger partial charge in [0.25, 0.3) is 5.91 Å². The van der Waals surface area contributed by atoms with Gasteiger partial charge in [-0.25, -0.2) is 15.2 Å². The average molecular weight is 316 g/mol. The fourth-order valence-electron chi connectivity index (χ4n) is 1.89. The molecule has 0 saturated carbocycles. The minimum atomic E-state index is -1.34. The van der Waals surface area contributed by atoms with E-state index >= 15 is 0 Å². The van der Waals surface area contributed by atoms with Gasteiger partial charge in [-0.05, 0) is 30.7 Å². The number of methoxy groups -OCH3 is 1. The average Bonchev–Trinajstić information content (AvgIpc) is 2.96. The molecule has 2 amide bonds. The summed E-state index contributed by atoms with van der Waals surface area (Å²) in [6.45, 7) is 1.89. The maximum atomic E-state index is 11.4. The number of imidazole rings is 1. The number of hydrazine groups is 1. The zero-order chi connectivity index (χ0) is 16.8. The van der Waals surface area contributed by atoms with Crippen molar-refractivity contribution in [1.29, 1.82) is 0 Å². The molecular weight excluding hydrogens is 300 g/mol. The van der Waals surface area contributed by atoms with Crippen molar-refractivity contribution in [2.24, 2.45) is 0 Å². The smallest absolute Gasteiger partial charge is 0.423 e. The number of aromatic nitrogens is 2. The number of carboxylic acid groups (broad SMARTS) is 1. The summed E-state index contributed by atoms with van der Waals surface area (Å²) in [5, 5.41) is 8.38. The van der Waals surface area contributed by atoms with E-state index in [1.807, 2.05) is 35.2 Å². The van der Waals surface area contributed by atoms with Crippen LogP contribution in [0.3, 0.4) is 0 Å². The number of ether oxygens (including phenoxy) is 1. The predicted octanol–water partition coefficient (Wildman–Crippen LogP) is 1.50. The molecule has 1 aromatic heterocycles. The molecule has 0 spiro atoms. The first-order chi connectivity index (χ1) is 11.0. The monoisotopic (exact) mass is 316 g/mol. The summed E-state index contributed by atoms with van der Waals surface area (Å²) in [4.78, 5) is 25.8. The summed E-state index contributed by atoms with van der Waals surface area (Å²) in [5.41, 5.74) is 6.21. The summed E-state index contributed by atoms with van der Waals surface area (Å²) < 4.78 is 7.20. The van der Waals surface area contributed by atoms with Crippen LogP contribution in [0.5, 0.6) is 5.75 Å². The summed E-state index contributed by atoms with van der Waals surface area (Å²) in [7, 11) is 1.56. The third-order valence-electron chi connectivity index (χ3n) is 2.91. The lowest BCUT2D eigenvalue weighted by atomic mass is 10.1. The highest BCUT2D eigenvalue weighted by atomic mass is 16.5. The van der Waals surface area contributed by atoms with Crippen LogP contribution in [0.1, 0.15) is 11.3 Å². The SMILES string of the molecule is COc1cc(/C=C/C(=O)NNC(=O)O)ccc1-n1cnc(C)c1. The number of hydrogen-bond donors (Lipinski definition) is 3. The second-order valence-electron chi connectivity index (χ2n) is 4.61. The fourth-order valence-corrected chi connectivity index (χ4v) is 1.89. The van der Waals surface area contributed by atoms with Gasteiger partial charge in [0.05, 0.1) is 24.8 Å². The van der Waals surface area contributed by atoms with Gasteiger partial charge in [-0.15, -0.1) is 0 Å². The summed E-state index contributed by atoms with van der Waals surface area (Å²) in [5.74, 6) is 0.0364. The lowest BCUT2D eigenvalue weighted by Crippen LogP contribution is -2.39. The molecule has 0 radical (unpaired) electrons. The van der Waals surface area contributed by atoms with Crippen LogP contribution in [0.25, 0.3) is 11.8 Å². The second-order valence-corrected chi connectivity index (χ2v) is 4.61. The Morgan fingerprint density at radius 2 is 2.13 bits per heavy atom. The Kier molecular flexibility index (Phi) is 4.98. The van der Waals surface area contributed by atoms with Gasteiger partial charge < -0.3 is 14.4 Å². The van der Waals surface area contributed by atoms with E-state index in [0.717, 1.165) is 16.9 Å². The highest BCUT2D eigenvalue weighted by Crippen LogP contribution is 2.25. The first-order valence-corrected chi connectivity index (χ1v) is 6.65. The van der Waals surface area contributed by atoms with Crippen molar-refractivity contribution in [2.45, 2.75) is 6.92 Å². The number of benzene rings is 1. The topological polar surface area (TPSA) is 105 Å². The Labute approximate surface area is 132 Å². The summed E-state index contributed by atoms with van der Waals surface area (Å²) in [6, 6.07) is 5.41. The number of carbonyl (C=O) groups excluding carboxylic acids is 1. The lowest BCUT2D eigenvalue weighted by molar-refractivity contribution is -0.117. The molecule has 2 aromatic rings. The van der Waals surface area contributed by atoms with Crippen molar-refractivity contribution in [2.75, 3.05) is 7.11 Å². The van der Waals surface area contributed by atoms with Gasteiger partial charge >= 0.3 is 6.09 Å². The Bertz CT molecular complexity index is 752. The summed E-state index contributed by atoms with van der Waals surface area (Å²) >= 11 is 0. The highest BCUT2D eigenvalue weighted by Gasteiger charge is 2.06. The maximum Gasteiger partial charge on any atom is 0.423 e. The highest BCUT2D eigenvalue weighted by molar-refractivity contribution is 5.92. The molecule has 2 rings (SSSR count). The number of nitrogens with zero attached hydrogens (tertiary/aromatic N) is 2. The molecule has 8 nitrogen and oxygen atoms in total. The van der Waals surface area contributed by atoms with Crippen LogP contribution in [0.15, 0.2) is 36.8 Å². The van der Waals surface area contributed by atoms with E-state index in [4.69, 9.17) is 9.84 Å². The van der Waals surface area contributed by atoms with E-state index in [9.17, 15) is 9.59 Å². The van der Waals surface area contributed by atoms with Gasteiger partial charge in [-0.1, -0.05) is 6.07 Å². The number of hydrogen-bond acceptors (Lipinski definition) is 4. The molecule has 0 aliphatic heterocycles. The Morgan fingerprint density at radius 1 is 1.35 bits per heavy atom. The van der Waals surface area contributed by atoms with Crippen molar-refractivity contribution < 1.29 is 19.4 Å². The number of nitrogens with one attached hydrogen (secondary N) is 2. The molecule has 0 bridgehead atoms. The van der Waals surface area contributed by atoms with Crippen molar-refractivity contribution in [3.63, 3.8) is 0 Å². The van der Waals surface area contributed by atoms with Crippen LogP contribution in [0.2, 0.25) is 0 Å². The van der Waals surface area contributed by atoms with Crippen LogP contribution in [-0.2, 0) is 4.79 Å². The molecule has 1 aromatic carbocycles. The van der Waals surface area contributed by atoms with Gasteiger partial charge in [-0.2, -0.15) is 0 Å². The number of aryl methyl sites for hydroxylation is 1. The van der Waals surface area contributed by atoms with E-state index < -0.39 is 12.0 Å². The first kappa shape index (κ1) is 16.1. The van der Waals surface area contributed by atoms with Gasteiger partial charge in [0.2, 0.25) is 0 Å². The zero-order valence-corrected chi connectivity index (χ0v) is 12.6. The van der Waals surface area contributed by atoms with Crippen LogP contribution in [0, 0.1) is 6.92 Å². The van der Waals surface area contributed by atoms with Crippen molar-refractivity contribution >= 4 is 18.1 Å². The number of carbonyl (C=O) groups is 2. The van der Waals surface area contributed by atoms with Crippen LogP contribution >= 0.6 is 0 Å². The minimum absolute atomic E-state index is 0.583. The molecular formula is C15H16N4O4. The van der Waals surface area contributed by atoms with Crippen LogP contribution in [0.4, 0.5) is 4.79 Å². The van der Waals surface area contributed by atoms with Gasteiger partial charge in [0, 0.05) is 12.3 Å². The number of rotatable bonds is 4. The molecule has 0 saturated heterocycles. The molecule has 0 atom stereocenters. The molecule has 0 aliphatic rings. The Hall–Kier alpha value is -3.29. The van der Waals surface area contributed by atoms with Crippen molar-refractivity contribution in [1.82, 2.24) is 20.4 Å². The van der Waals surface area contributed by atoms with E-state index in [1.54, 1.807) is 31.0 Å². The molecule has 1 heterocycles. The molecule has 8 heteroatoms. The molecule has 3 N–H and O–H groups in total. The minimum Gasteiger partial charge on any atom is -0.495 e. The second kappa shape index (κ2) is 7.12. The predicted molar refractivity (Wildman–Crippen MR) is 83.2 cm³/mol. The fraction of sp³-hybridized carbons (Fsp3) is 0.133. The van der Waals surface area contributed by atoms with E-state index in [2.05, 4.69) is 4.98 Å². The van der Waals surface area contributed by atoms with Crippen LogP contribution in [-0.4, -0.2) is 33.8 Å². The molecule has 0 aliphatic carbocycles.